The monoisotopic (exact) mass is 372 g/mol. The van der Waals surface area contributed by atoms with Crippen molar-refractivity contribution in [3.05, 3.63) is 62.0 Å². The Labute approximate surface area is 135 Å². The molecule has 0 saturated heterocycles. The summed E-state index contributed by atoms with van der Waals surface area (Å²) in [5.74, 6) is 0.674. The minimum absolute atomic E-state index is 0.301. The molecule has 0 aromatic heterocycles. The molecule has 1 N–H and O–H groups in total. The van der Waals surface area contributed by atoms with Crippen LogP contribution >= 0.6 is 39.1 Å². The van der Waals surface area contributed by atoms with E-state index in [0.717, 1.165) is 15.6 Å². The number of rotatable bonds is 1. The van der Waals surface area contributed by atoms with Gasteiger partial charge in [-0.1, -0.05) is 39.1 Å². The van der Waals surface area contributed by atoms with Gasteiger partial charge < -0.3 is 9.84 Å². The zero-order valence-corrected chi connectivity index (χ0v) is 13.4. The lowest BCUT2D eigenvalue weighted by atomic mass is 9.95. The van der Waals surface area contributed by atoms with E-state index in [4.69, 9.17) is 27.9 Å². The summed E-state index contributed by atoms with van der Waals surface area (Å²) < 4.78 is 6.87. The Bertz CT molecular complexity index is 660. The number of ether oxygens (including phenoxy) is 1. The maximum absolute atomic E-state index is 10.3. The van der Waals surface area contributed by atoms with Gasteiger partial charge >= 0.3 is 0 Å². The number of hydrogen-bond acceptors (Lipinski definition) is 2. The second-order valence-corrected chi connectivity index (χ2v) is 6.47. The molecule has 0 spiro atoms. The molecule has 2 aromatic carbocycles. The summed E-state index contributed by atoms with van der Waals surface area (Å²) in [4.78, 5) is 0. The summed E-state index contributed by atoms with van der Waals surface area (Å²) in [6.45, 7) is 0. The Balaban J connectivity index is 1.99. The van der Waals surface area contributed by atoms with Gasteiger partial charge in [0.15, 0.2) is 0 Å². The third-order valence-electron chi connectivity index (χ3n) is 3.34. The topological polar surface area (TPSA) is 29.5 Å². The van der Waals surface area contributed by atoms with Gasteiger partial charge in [-0.3, -0.25) is 0 Å². The summed E-state index contributed by atoms with van der Waals surface area (Å²) in [7, 11) is 0. The van der Waals surface area contributed by atoms with Gasteiger partial charge in [-0.15, -0.1) is 0 Å². The smallest absolute Gasteiger partial charge is 0.128 e. The normalized spacial score (nSPS) is 21.2. The summed E-state index contributed by atoms with van der Waals surface area (Å²) in [6.07, 6.45) is -0.440. The molecule has 0 radical (unpaired) electrons. The second kappa shape index (κ2) is 5.57. The number of aliphatic hydroxyl groups excluding tert-OH is 1. The summed E-state index contributed by atoms with van der Waals surface area (Å²) in [5, 5.41) is 11.5. The molecule has 104 valence electrons. The minimum Gasteiger partial charge on any atom is -0.485 e. The van der Waals surface area contributed by atoms with Crippen molar-refractivity contribution < 1.29 is 9.84 Å². The number of fused-ring (bicyclic) bond motifs is 1. The van der Waals surface area contributed by atoms with Crippen LogP contribution < -0.4 is 4.74 Å². The average molecular weight is 374 g/mol. The Morgan fingerprint density at radius 3 is 2.70 bits per heavy atom. The molecule has 2 nitrogen and oxygen atoms in total. The highest BCUT2D eigenvalue weighted by Crippen LogP contribution is 2.43. The maximum Gasteiger partial charge on any atom is 0.128 e. The second-order valence-electron chi connectivity index (χ2n) is 4.71. The molecule has 0 fully saturated rings. The predicted molar refractivity (Wildman–Crippen MR) is 83.5 cm³/mol. The van der Waals surface area contributed by atoms with Gasteiger partial charge in [-0.2, -0.15) is 0 Å². The molecule has 2 aromatic rings. The average Bonchev–Trinajstić information content (AvgIpc) is 2.42. The lowest BCUT2D eigenvalue weighted by molar-refractivity contribution is 0.0657. The van der Waals surface area contributed by atoms with Crippen LogP contribution in [-0.2, 0) is 0 Å². The Morgan fingerprint density at radius 2 is 1.90 bits per heavy atom. The van der Waals surface area contributed by atoms with E-state index in [0.29, 0.717) is 22.2 Å². The standard InChI is InChI=1S/C15H11BrCl2O2/c16-8-1-4-14-11(5-8)13(19)7-15(20-14)10-6-9(17)2-3-12(10)18/h1-6,13,15,19H,7H2. The number of hydrogen-bond donors (Lipinski definition) is 1. The first kappa shape index (κ1) is 14.2. The van der Waals surface area contributed by atoms with E-state index in [1.165, 1.54) is 0 Å². The highest BCUT2D eigenvalue weighted by Gasteiger charge is 2.29. The van der Waals surface area contributed by atoms with Crippen molar-refractivity contribution in [3.8, 4) is 5.75 Å². The first-order valence-corrected chi connectivity index (χ1v) is 7.68. The van der Waals surface area contributed by atoms with Crippen molar-refractivity contribution in [3.63, 3.8) is 0 Å². The SMILES string of the molecule is OC1CC(c2cc(Cl)ccc2Cl)Oc2ccc(Br)cc21. The van der Waals surface area contributed by atoms with Crippen molar-refractivity contribution in [2.24, 2.45) is 0 Å². The van der Waals surface area contributed by atoms with Crippen LogP contribution in [-0.4, -0.2) is 5.11 Å². The lowest BCUT2D eigenvalue weighted by Crippen LogP contribution is -2.19. The molecule has 2 atom stereocenters. The molecule has 2 unspecified atom stereocenters. The molecule has 5 heteroatoms. The molecule has 1 heterocycles. The first-order valence-electron chi connectivity index (χ1n) is 6.13. The van der Waals surface area contributed by atoms with Crippen LogP contribution in [0.2, 0.25) is 10.0 Å². The van der Waals surface area contributed by atoms with Gasteiger partial charge in [0.05, 0.1) is 6.10 Å². The fourth-order valence-corrected chi connectivity index (χ4v) is 3.17. The zero-order chi connectivity index (χ0) is 14.3. The third-order valence-corrected chi connectivity index (χ3v) is 4.41. The predicted octanol–water partition coefficient (Wildman–Crippen LogP) is 5.31. The molecule has 1 aliphatic heterocycles. The lowest BCUT2D eigenvalue weighted by Gasteiger charge is -2.30. The van der Waals surface area contributed by atoms with E-state index in [9.17, 15) is 5.11 Å². The van der Waals surface area contributed by atoms with E-state index in [2.05, 4.69) is 15.9 Å². The fraction of sp³-hybridized carbons (Fsp3) is 0.200. The van der Waals surface area contributed by atoms with Crippen molar-refractivity contribution >= 4 is 39.1 Å². The first-order chi connectivity index (χ1) is 9.54. The van der Waals surface area contributed by atoms with E-state index < -0.39 is 6.10 Å². The molecule has 3 rings (SSSR count). The molecule has 0 amide bonds. The summed E-state index contributed by atoms with van der Waals surface area (Å²) >= 11 is 15.6. The van der Waals surface area contributed by atoms with Crippen LogP contribution in [0.3, 0.4) is 0 Å². The molecular weight excluding hydrogens is 363 g/mol. The highest BCUT2D eigenvalue weighted by molar-refractivity contribution is 9.10. The van der Waals surface area contributed by atoms with Crippen LogP contribution in [0, 0.1) is 0 Å². The molecule has 0 saturated carbocycles. The van der Waals surface area contributed by atoms with E-state index >= 15 is 0 Å². The molecule has 0 aliphatic carbocycles. The van der Waals surface area contributed by atoms with Gasteiger partial charge in [-0.25, -0.2) is 0 Å². The van der Waals surface area contributed by atoms with E-state index in [1.807, 2.05) is 18.2 Å². The van der Waals surface area contributed by atoms with Crippen LogP contribution in [0.25, 0.3) is 0 Å². The Morgan fingerprint density at radius 1 is 1.10 bits per heavy atom. The number of benzene rings is 2. The number of halogens is 3. The van der Waals surface area contributed by atoms with Crippen molar-refractivity contribution in [1.82, 2.24) is 0 Å². The highest BCUT2D eigenvalue weighted by atomic mass is 79.9. The Hall–Kier alpha value is -0.740. The summed E-state index contributed by atoms with van der Waals surface area (Å²) in [5.41, 5.74) is 1.58. The third kappa shape index (κ3) is 2.68. The van der Waals surface area contributed by atoms with Crippen molar-refractivity contribution in [2.75, 3.05) is 0 Å². The van der Waals surface area contributed by atoms with Gasteiger partial charge in [-0.05, 0) is 36.4 Å². The van der Waals surface area contributed by atoms with Gasteiger partial charge in [0.2, 0.25) is 0 Å². The zero-order valence-electron chi connectivity index (χ0n) is 10.3. The molecule has 0 bridgehead atoms. The molecule has 1 aliphatic rings. The Kier molecular flexibility index (Phi) is 3.95. The van der Waals surface area contributed by atoms with E-state index in [1.54, 1.807) is 18.2 Å². The van der Waals surface area contributed by atoms with Gasteiger partial charge in [0, 0.05) is 32.1 Å². The maximum atomic E-state index is 10.3. The van der Waals surface area contributed by atoms with Crippen LogP contribution in [0.15, 0.2) is 40.9 Å². The van der Waals surface area contributed by atoms with Crippen molar-refractivity contribution in [2.45, 2.75) is 18.6 Å². The summed E-state index contributed by atoms with van der Waals surface area (Å²) in [6, 6.07) is 10.9. The van der Waals surface area contributed by atoms with Gasteiger partial charge in [0.1, 0.15) is 11.9 Å². The van der Waals surface area contributed by atoms with Crippen LogP contribution in [0.5, 0.6) is 5.75 Å². The number of aliphatic hydroxyl groups is 1. The van der Waals surface area contributed by atoms with E-state index in [-0.39, 0.29) is 6.10 Å². The van der Waals surface area contributed by atoms with Crippen LogP contribution in [0.1, 0.15) is 29.8 Å². The van der Waals surface area contributed by atoms with Crippen LogP contribution in [0.4, 0.5) is 0 Å². The molecule has 20 heavy (non-hydrogen) atoms. The minimum atomic E-state index is -0.587. The largest absolute Gasteiger partial charge is 0.485 e. The fourth-order valence-electron chi connectivity index (χ4n) is 2.37. The van der Waals surface area contributed by atoms with Gasteiger partial charge in [0.25, 0.3) is 0 Å². The van der Waals surface area contributed by atoms with Crippen molar-refractivity contribution in [1.29, 1.82) is 0 Å². The molecular formula is C15H11BrCl2O2. The quantitative estimate of drug-likeness (QED) is 0.733.